The monoisotopic (exact) mass is 298 g/mol. The molecule has 3 aromatic rings. The van der Waals surface area contributed by atoms with Gasteiger partial charge in [-0.1, -0.05) is 27.7 Å². The highest BCUT2D eigenvalue weighted by Gasteiger charge is 2.20. The summed E-state index contributed by atoms with van der Waals surface area (Å²) in [7, 11) is 0. The largest absolute Gasteiger partial charge is 0.343 e. The summed E-state index contributed by atoms with van der Waals surface area (Å²) in [6.45, 7) is 8.14. The summed E-state index contributed by atoms with van der Waals surface area (Å²) < 4.78 is 14.6. The predicted octanol–water partition coefficient (Wildman–Crippen LogP) is 4.02. The van der Waals surface area contributed by atoms with Crippen molar-refractivity contribution in [3.8, 4) is 11.4 Å². The minimum Gasteiger partial charge on any atom is -0.343 e. The van der Waals surface area contributed by atoms with E-state index in [2.05, 4.69) is 40.7 Å². The zero-order valence-electron chi connectivity index (χ0n) is 13.2. The maximum atomic E-state index is 14.6. The molecule has 114 valence electrons. The number of nitrogens with zero attached hydrogens (tertiary/aromatic N) is 3. The molecule has 4 nitrogen and oxygen atoms in total. The van der Waals surface area contributed by atoms with E-state index in [9.17, 15) is 4.39 Å². The Kier molecular flexibility index (Phi) is 3.43. The van der Waals surface area contributed by atoms with Crippen molar-refractivity contribution in [2.75, 3.05) is 0 Å². The van der Waals surface area contributed by atoms with Crippen LogP contribution >= 0.6 is 0 Å². The van der Waals surface area contributed by atoms with Gasteiger partial charge in [0, 0.05) is 11.8 Å². The Bertz CT molecular complexity index is 817. The molecule has 3 rings (SSSR count). The minimum absolute atomic E-state index is 0.149. The van der Waals surface area contributed by atoms with Crippen molar-refractivity contribution in [3.05, 3.63) is 41.9 Å². The van der Waals surface area contributed by atoms with Gasteiger partial charge in [0.2, 0.25) is 0 Å². The van der Waals surface area contributed by atoms with E-state index < -0.39 is 0 Å². The van der Waals surface area contributed by atoms with E-state index >= 15 is 0 Å². The average molecular weight is 298 g/mol. The van der Waals surface area contributed by atoms with Crippen LogP contribution < -0.4 is 0 Å². The Labute approximate surface area is 128 Å². The summed E-state index contributed by atoms with van der Waals surface area (Å²) in [6, 6.07) is 3.56. The number of aromatic amines is 1. The van der Waals surface area contributed by atoms with E-state index in [1.165, 1.54) is 0 Å². The Morgan fingerprint density at radius 2 is 1.95 bits per heavy atom. The lowest BCUT2D eigenvalue weighted by atomic mass is 9.86. The third-order valence-electron chi connectivity index (χ3n) is 3.74. The molecule has 0 aliphatic rings. The number of rotatable bonds is 2. The van der Waals surface area contributed by atoms with E-state index in [1.54, 1.807) is 18.6 Å². The smallest absolute Gasteiger partial charge is 0.149 e. The van der Waals surface area contributed by atoms with Crippen LogP contribution in [0.1, 0.15) is 39.1 Å². The van der Waals surface area contributed by atoms with Gasteiger partial charge >= 0.3 is 0 Å². The zero-order chi connectivity index (χ0) is 15.9. The molecule has 5 heteroatoms. The summed E-state index contributed by atoms with van der Waals surface area (Å²) in [5.74, 6) is 0.319. The second-order valence-electron chi connectivity index (χ2n) is 6.41. The molecule has 0 aliphatic carbocycles. The van der Waals surface area contributed by atoms with Crippen molar-refractivity contribution in [2.24, 2.45) is 0 Å². The number of hydrogen-bond acceptors (Lipinski definition) is 3. The second kappa shape index (κ2) is 5.16. The van der Waals surface area contributed by atoms with E-state index in [-0.39, 0.29) is 11.2 Å². The molecule has 0 fully saturated rings. The molecule has 0 saturated heterocycles. The van der Waals surface area contributed by atoms with Gasteiger partial charge in [-0.25, -0.2) is 19.3 Å². The molecule has 0 bridgehead atoms. The van der Waals surface area contributed by atoms with Crippen molar-refractivity contribution >= 4 is 10.9 Å². The molecule has 1 N–H and O–H groups in total. The molecule has 2 heterocycles. The number of imidazole rings is 1. The van der Waals surface area contributed by atoms with Gasteiger partial charge in [0.25, 0.3) is 0 Å². The number of halogens is 1. The molecule has 0 radical (unpaired) electrons. The van der Waals surface area contributed by atoms with Crippen LogP contribution in [0.3, 0.4) is 0 Å². The molecule has 0 unspecified atom stereocenters. The van der Waals surface area contributed by atoms with Gasteiger partial charge in [-0.3, -0.25) is 0 Å². The second-order valence-corrected chi connectivity index (χ2v) is 6.41. The van der Waals surface area contributed by atoms with Crippen LogP contribution in [0.4, 0.5) is 4.39 Å². The Morgan fingerprint density at radius 3 is 2.55 bits per heavy atom. The Balaban J connectivity index is 2.39. The number of nitrogens with one attached hydrogen (secondary N) is 1. The quantitative estimate of drug-likeness (QED) is 0.777. The average Bonchev–Trinajstić information content (AvgIpc) is 2.99. The summed E-state index contributed by atoms with van der Waals surface area (Å²) >= 11 is 0. The summed E-state index contributed by atoms with van der Waals surface area (Å²) in [5.41, 5.74) is 2.61. The number of aryl methyl sites for hydroxylation is 1. The van der Waals surface area contributed by atoms with Crippen molar-refractivity contribution in [2.45, 2.75) is 39.5 Å². The van der Waals surface area contributed by atoms with Gasteiger partial charge in [0.05, 0.1) is 23.9 Å². The lowest BCUT2D eigenvalue weighted by Crippen LogP contribution is -2.12. The van der Waals surface area contributed by atoms with Crippen LogP contribution in [0.15, 0.2) is 24.7 Å². The highest BCUT2D eigenvalue weighted by Crippen LogP contribution is 2.32. The van der Waals surface area contributed by atoms with Crippen molar-refractivity contribution in [1.29, 1.82) is 0 Å². The molecule has 0 spiro atoms. The highest BCUT2D eigenvalue weighted by molar-refractivity contribution is 5.92. The molecule has 0 amide bonds. The third kappa shape index (κ3) is 2.47. The van der Waals surface area contributed by atoms with Crippen LogP contribution in [0.2, 0.25) is 0 Å². The predicted molar refractivity (Wildman–Crippen MR) is 85.2 cm³/mol. The van der Waals surface area contributed by atoms with Crippen molar-refractivity contribution < 1.29 is 4.39 Å². The number of hydrogen-bond donors (Lipinski definition) is 1. The SMILES string of the molecule is CCc1nc(-c2cnc[nH]2)c2cc(C(C)(C)C)cc(F)c2n1. The van der Waals surface area contributed by atoms with Gasteiger partial charge < -0.3 is 4.98 Å². The standard InChI is InChI=1S/C17H19FN4/c1-5-14-21-15-11(16(22-14)13-8-19-9-20-13)6-10(7-12(15)18)17(2,3)4/h6-9H,5H2,1-4H3,(H,19,20). The van der Waals surface area contributed by atoms with Crippen LogP contribution in [-0.2, 0) is 11.8 Å². The van der Waals surface area contributed by atoms with E-state index in [1.807, 2.05) is 13.0 Å². The summed E-state index contributed by atoms with van der Waals surface area (Å²) in [6.07, 6.45) is 3.94. The first-order chi connectivity index (χ1) is 10.4. The lowest BCUT2D eigenvalue weighted by molar-refractivity contribution is 0.576. The molecular formula is C17H19FN4. The van der Waals surface area contributed by atoms with E-state index in [4.69, 9.17) is 0 Å². The van der Waals surface area contributed by atoms with Gasteiger partial charge in [0.1, 0.15) is 17.2 Å². The lowest BCUT2D eigenvalue weighted by Gasteiger charge is -2.20. The van der Waals surface area contributed by atoms with Crippen LogP contribution in [-0.4, -0.2) is 19.9 Å². The van der Waals surface area contributed by atoms with Crippen LogP contribution in [0.25, 0.3) is 22.3 Å². The first-order valence-electron chi connectivity index (χ1n) is 7.39. The Morgan fingerprint density at radius 1 is 1.18 bits per heavy atom. The molecule has 0 aliphatic heterocycles. The number of H-pyrrole nitrogens is 1. The molecule has 0 atom stereocenters. The number of aromatic nitrogens is 4. The van der Waals surface area contributed by atoms with E-state index in [0.29, 0.717) is 28.8 Å². The summed E-state index contributed by atoms with van der Waals surface area (Å²) in [4.78, 5) is 16.0. The maximum Gasteiger partial charge on any atom is 0.149 e. The van der Waals surface area contributed by atoms with Gasteiger partial charge in [0.15, 0.2) is 0 Å². The minimum atomic E-state index is -0.305. The van der Waals surface area contributed by atoms with Gasteiger partial charge in [-0.2, -0.15) is 0 Å². The third-order valence-corrected chi connectivity index (χ3v) is 3.74. The first kappa shape index (κ1) is 14.6. The number of fused-ring (bicyclic) bond motifs is 1. The first-order valence-corrected chi connectivity index (χ1v) is 7.39. The van der Waals surface area contributed by atoms with Crippen LogP contribution in [0, 0.1) is 5.82 Å². The fourth-order valence-corrected chi connectivity index (χ4v) is 2.42. The molecular weight excluding hydrogens is 279 g/mol. The topological polar surface area (TPSA) is 54.5 Å². The molecule has 0 saturated carbocycles. The zero-order valence-corrected chi connectivity index (χ0v) is 13.2. The molecule has 22 heavy (non-hydrogen) atoms. The highest BCUT2D eigenvalue weighted by atomic mass is 19.1. The fraction of sp³-hybridized carbons (Fsp3) is 0.353. The molecule has 2 aromatic heterocycles. The number of benzene rings is 1. The van der Waals surface area contributed by atoms with Crippen molar-refractivity contribution in [3.63, 3.8) is 0 Å². The van der Waals surface area contributed by atoms with Crippen molar-refractivity contribution in [1.82, 2.24) is 19.9 Å². The molecule has 1 aromatic carbocycles. The van der Waals surface area contributed by atoms with Crippen LogP contribution in [0.5, 0.6) is 0 Å². The Hall–Kier alpha value is -2.30. The van der Waals surface area contributed by atoms with Gasteiger partial charge in [-0.15, -0.1) is 0 Å². The van der Waals surface area contributed by atoms with Gasteiger partial charge in [-0.05, 0) is 23.1 Å². The fourth-order valence-electron chi connectivity index (χ4n) is 2.42. The van der Waals surface area contributed by atoms with E-state index in [0.717, 1.165) is 11.3 Å². The summed E-state index contributed by atoms with van der Waals surface area (Å²) in [5, 5.41) is 0.714. The maximum absolute atomic E-state index is 14.6. The normalized spacial score (nSPS) is 12.0.